The van der Waals surface area contributed by atoms with Crippen molar-refractivity contribution in [2.75, 3.05) is 5.32 Å². The molecule has 0 saturated heterocycles. The first kappa shape index (κ1) is 14.8. The van der Waals surface area contributed by atoms with Crippen LogP contribution >= 0.6 is 0 Å². The number of ether oxygens (including phenoxy) is 1. The number of amides is 1. The number of rotatable bonds is 3. The number of carbonyl (C=O) groups excluding carboxylic acids is 1. The van der Waals surface area contributed by atoms with Crippen LogP contribution in [0, 0.1) is 0 Å². The van der Waals surface area contributed by atoms with Crippen molar-refractivity contribution in [1.29, 1.82) is 0 Å². The lowest BCUT2D eigenvalue weighted by atomic mass is 10.2. The van der Waals surface area contributed by atoms with E-state index in [0.717, 1.165) is 6.07 Å². The molecule has 9 heteroatoms. The van der Waals surface area contributed by atoms with Gasteiger partial charge in [0.25, 0.3) is 5.91 Å². The lowest BCUT2D eigenvalue weighted by Crippen LogP contribution is -2.19. The third-order valence-electron chi connectivity index (χ3n) is 2.88. The number of alkyl halides is 3. The second-order valence-electron chi connectivity index (χ2n) is 4.44. The monoisotopic (exact) mass is 322 g/mol. The van der Waals surface area contributed by atoms with Crippen LogP contribution in [0.1, 0.15) is 10.4 Å². The predicted molar refractivity (Wildman–Crippen MR) is 74.1 cm³/mol. The van der Waals surface area contributed by atoms with Gasteiger partial charge in [-0.25, -0.2) is 9.50 Å². The first-order chi connectivity index (χ1) is 10.9. The molecule has 6 nitrogen and oxygen atoms in total. The van der Waals surface area contributed by atoms with Gasteiger partial charge < -0.3 is 10.1 Å². The van der Waals surface area contributed by atoms with Crippen molar-refractivity contribution in [3.05, 3.63) is 54.5 Å². The van der Waals surface area contributed by atoms with Gasteiger partial charge in [0.05, 0.1) is 11.9 Å². The fraction of sp³-hybridized carbons (Fsp3) is 0.0714. The summed E-state index contributed by atoms with van der Waals surface area (Å²) < 4.78 is 42.4. The second-order valence-corrected chi connectivity index (χ2v) is 4.44. The zero-order valence-electron chi connectivity index (χ0n) is 11.4. The Balaban J connectivity index is 1.89. The Morgan fingerprint density at radius 1 is 1.22 bits per heavy atom. The highest BCUT2D eigenvalue weighted by Gasteiger charge is 2.32. The first-order valence-corrected chi connectivity index (χ1v) is 6.38. The van der Waals surface area contributed by atoms with E-state index >= 15 is 0 Å². The smallest absolute Gasteiger partial charge is 0.404 e. The molecule has 118 valence electrons. The van der Waals surface area contributed by atoms with E-state index in [4.69, 9.17) is 0 Å². The largest absolute Gasteiger partial charge is 0.573 e. The Kier molecular flexibility index (Phi) is 3.61. The van der Waals surface area contributed by atoms with Crippen LogP contribution in [-0.4, -0.2) is 26.9 Å². The zero-order chi connectivity index (χ0) is 16.4. The molecule has 23 heavy (non-hydrogen) atoms. The molecule has 0 atom stereocenters. The SMILES string of the molecule is O=C(Nc1ccccc1OC(F)(F)F)c1cnn2cccnc12. The maximum atomic E-state index is 12.4. The predicted octanol–water partition coefficient (Wildman–Crippen LogP) is 2.88. The molecule has 2 heterocycles. The van der Waals surface area contributed by atoms with Crippen molar-refractivity contribution in [2.45, 2.75) is 6.36 Å². The quantitative estimate of drug-likeness (QED) is 0.805. The molecule has 1 N–H and O–H groups in total. The fourth-order valence-corrected chi connectivity index (χ4v) is 1.96. The molecule has 0 bridgehead atoms. The molecule has 0 aliphatic heterocycles. The van der Waals surface area contributed by atoms with Crippen LogP contribution in [0.5, 0.6) is 5.75 Å². The highest BCUT2D eigenvalue weighted by Crippen LogP contribution is 2.30. The Hall–Kier alpha value is -3.10. The Morgan fingerprint density at radius 3 is 2.78 bits per heavy atom. The summed E-state index contributed by atoms with van der Waals surface area (Å²) in [5.41, 5.74) is 0.316. The van der Waals surface area contributed by atoms with E-state index in [1.807, 2.05) is 0 Å². The van der Waals surface area contributed by atoms with E-state index < -0.39 is 18.0 Å². The fourth-order valence-electron chi connectivity index (χ4n) is 1.96. The molecule has 0 saturated carbocycles. The molecule has 0 aliphatic carbocycles. The van der Waals surface area contributed by atoms with Gasteiger partial charge >= 0.3 is 6.36 Å². The Labute approximate surface area is 127 Å². The number of hydrogen-bond acceptors (Lipinski definition) is 4. The number of para-hydroxylation sites is 2. The molecule has 0 fully saturated rings. The van der Waals surface area contributed by atoms with Gasteiger partial charge in [-0.15, -0.1) is 13.2 Å². The summed E-state index contributed by atoms with van der Waals surface area (Å²) in [4.78, 5) is 16.3. The normalized spacial score (nSPS) is 11.4. The summed E-state index contributed by atoms with van der Waals surface area (Å²) in [7, 11) is 0. The minimum absolute atomic E-state index is 0.106. The van der Waals surface area contributed by atoms with Crippen LogP contribution in [0.4, 0.5) is 18.9 Å². The molecule has 0 spiro atoms. The topological polar surface area (TPSA) is 68.5 Å². The van der Waals surface area contributed by atoms with Crippen LogP contribution in [0.15, 0.2) is 48.9 Å². The Bertz CT molecular complexity index is 860. The lowest BCUT2D eigenvalue weighted by Gasteiger charge is -2.13. The lowest BCUT2D eigenvalue weighted by molar-refractivity contribution is -0.274. The van der Waals surface area contributed by atoms with Gasteiger partial charge in [0.15, 0.2) is 11.4 Å². The third-order valence-corrected chi connectivity index (χ3v) is 2.88. The molecule has 0 unspecified atom stereocenters. The Morgan fingerprint density at radius 2 is 2.00 bits per heavy atom. The van der Waals surface area contributed by atoms with E-state index in [1.165, 1.54) is 35.1 Å². The number of carbonyl (C=O) groups is 1. The number of nitrogens with zero attached hydrogens (tertiary/aromatic N) is 3. The minimum atomic E-state index is -4.85. The number of halogens is 3. The minimum Gasteiger partial charge on any atom is -0.404 e. The summed E-state index contributed by atoms with van der Waals surface area (Å²) in [6.07, 6.45) is -0.494. The summed E-state index contributed by atoms with van der Waals surface area (Å²) in [5, 5.41) is 6.32. The van der Waals surface area contributed by atoms with Gasteiger partial charge in [-0.3, -0.25) is 4.79 Å². The molecule has 3 rings (SSSR count). The average molecular weight is 322 g/mol. The van der Waals surface area contributed by atoms with Crippen LogP contribution in [0.3, 0.4) is 0 Å². The van der Waals surface area contributed by atoms with E-state index in [9.17, 15) is 18.0 Å². The zero-order valence-corrected chi connectivity index (χ0v) is 11.4. The molecule has 3 aromatic rings. The van der Waals surface area contributed by atoms with Crippen molar-refractivity contribution in [3.8, 4) is 5.75 Å². The van der Waals surface area contributed by atoms with Crippen molar-refractivity contribution >= 4 is 17.2 Å². The molecule has 0 aliphatic rings. The van der Waals surface area contributed by atoms with Crippen molar-refractivity contribution in [3.63, 3.8) is 0 Å². The average Bonchev–Trinajstić information content (AvgIpc) is 2.92. The second kappa shape index (κ2) is 5.59. The number of anilines is 1. The van der Waals surface area contributed by atoms with E-state index in [2.05, 4.69) is 20.1 Å². The number of fused-ring (bicyclic) bond motifs is 1. The van der Waals surface area contributed by atoms with Gasteiger partial charge in [0, 0.05) is 12.4 Å². The molecule has 1 aromatic carbocycles. The number of aromatic nitrogens is 3. The van der Waals surface area contributed by atoms with E-state index in [0.29, 0.717) is 5.65 Å². The summed E-state index contributed by atoms with van der Waals surface area (Å²) in [5.74, 6) is -1.14. The van der Waals surface area contributed by atoms with Crippen LogP contribution in [0.25, 0.3) is 5.65 Å². The van der Waals surface area contributed by atoms with Crippen molar-refractivity contribution in [1.82, 2.24) is 14.6 Å². The van der Waals surface area contributed by atoms with Gasteiger partial charge in [-0.05, 0) is 18.2 Å². The van der Waals surface area contributed by atoms with Gasteiger partial charge in [0.1, 0.15) is 5.56 Å². The molecule has 0 radical (unpaired) electrons. The van der Waals surface area contributed by atoms with E-state index in [1.54, 1.807) is 12.3 Å². The molecule has 2 aromatic heterocycles. The summed E-state index contributed by atoms with van der Waals surface area (Å²) in [6, 6.07) is 6.89. The van der Waals surface area contributed by atoms with Crippen LogP contribution < -0.4 is 10.1 Å². The maximum Gasteiger partial charge on any atom is 0.573 e. The maximum absolute atomic E-state index is 12.4. The highest BCUT2D eigenvalue weighted by atomic mass is 19.4. The summed E-state index contributed by atoms with van der Waals surface area (Å²) in [6.45, 7) is 0. The molecular formula is C14H9F3N4O2. The highest BCUT2D eigenvalue weighted by molar-refractivity contribution is 6.08. The number of hydrogen-bond donors (Lipinski definition) is 1. The third kappa shape index (κ3) is 3.23. The molecular weight excluding hydrogens is 313 g/mol. The van der Waals surface area contributed by atoms with E-state index in [-0.39, 0.29) is 11.3 Å². The first-order valence-electron chi connectivity index (χ1n) is 6.38. The van der Waals surface area contributed by atoms with Gasteiger partial charge in [-0.2, -0.15) is 5.10 Å². The van der Waals surface area contributed by atoms with Crippen LogP contribution in [0.2, 0.25) is 0 Å². The van der Waals surface area contributed by atoms with Crippen LogP contribution in [-0.2, 0) is 0 Å². The number of nitrogens with one attached hydrogen (secondary N) is 1. The van der Waals surface area contributed by atoms with Gasteiger partial charge in [0.2, 0.25) is 0 Å². The number of benzene rings is 1. The molecule has 1 amide bonds. The summed E-state index contributed by atoms with van der Waals surface area (Å²) >= 11 is 0. The standard InChI is InChI=1S/C14H9F3N4O2/c15-14(16,17)23-11-5-2-1-4-10(11)20-13(22)9-8-19-21-7-3-6-18-12(9)21/h1-8H,(H,20,22). The van der Waals surface area contributed by atoms with Crippen molar-refractivity contribution < 1.29 is 22.7 Å². The van der Waals surface area contributed by atoms with Gasteiger partial charge in [-0.1, -0.05) is 12.1 Å². The van der Waals surface area contributed by atoms with Crippen molar-refractivity contribution in [2.24, 2.45) is 0 Å².